The van der Waals surface area contributed by atoms with E-state index in [4.69, 9.17) is 10.5 Å². The van der Waals surface area contributed by atoms with Crippen LogP contribution in [0.5, 0.6) is 0 Å². The van der Waals surface area contributed by atoms with Crippen LogP contribution < -0.4 is 5.73 Å². The number of nitrogens with zero attached hydrogens (tertiary/aromatic N) is 4. The third-order valence-corrected chi connectivity index (χ3v) is 6.54. The van der Waals surface area contributed by atoms with Crippen LogP contribution in [0.15, 0.2) is 43.0 Å². The van der Waals surface area contributed by atoms with Gasteiger partial charge in [0.25, 0.3) is 0 Å². The molecule has 0 bridgehead atoms. The van der Waals surface area contributed by atoms with Crippen molar-refractivity contribution in [2.45, 2.75) is 35.7 Å². The molecule has 0 amide bonds. The fourth-order valence-electron chi connectivity index (χ4n) is 3.30. The Labute approximate surface area is 165 Å². The van der Waals surface area contributed by atoms with Gasteiger partial charge in [-0.1, -0.05) is 30.3 Å². The van der Waals surface area contributed by atoms with Gasteiger partial charge in [-0.3, -0.25) is 4.57 Å². The number of aromatic nitrogens is 4. The Hall–Kier alpha value is -2.64. The molecule has 5 N–H and O–H groups in total. The van der Waals surface area contributed by atoms with Crippen LogP contribution >= 0.6 is 0 Å². The standard InChI is InChI=1S/C17H19N5O6S/c18-14-10-15(20-7-19-14)22(8-21-10)16-12(24)11(23)13(28-16)17(25)29(26,27)6-9-4-2-1-3-5-9/h1-5,7-8,11-13,16-17,23-25H,6H2,(H2,18,19,20)/t11-,12+,13-,16+,17?/m0/s1. The number of nitrogens with two attached hydrogens (primary N) is 1. The molecular formula is C17H19N5O6S. The lowest BCUT2D eigenvalue weighted by Crippen LogP contribution is -2.43. The lowest BCUT2D eigenvalue weighted by molar-refractivity contribution is -0.0615. The predicted octanol–water partition coefficient (Wildman–Crippen LogP) is -1.04. The summed E-state index contributed by atoms with van der Waals surface area (Å²) < 4.78 is 32.1. The highest BCUT2D eigenvalue weighted by molar-refractivity contribution is 7.91. The molecule has 2 aromatic heterocycles. The second-order valence-corrected chi connectivity index (χ2v) is 8.84. The molecule has 5 atom stereocenters. The molecule has 154 valence electrons. The number of aliphatic hydroxyl groups excluding tert-OH is 3. The fourth-order valence-corrected chi connectivity index (χ4v) is 4.77. The van der Waals surface area contributed by atoms with Gasteiger partial charge in [-0.2, -0.15) is 0 Å². The molecule has 11 nitrogen and oxygen atoms in total. The molecule has 29 heavy (non-hydrogen) atoms. The number of hydrogen-bond donors (Lipinski definition) is 4. The van der Waals surface area contributed by atoms with Gasteiger partial charge in [0.1, 0.15) is 30.2 Å². The number of anilines is 1. The van der Waals surface area contributed by atoms with Gasteiger partial charge >= 0.3 is 0 Å². The molecule has 1 aliphatic heterocycles. The largest absolute Gasteiger partial charge is 0.387 e. The molecule has 1 aromatic carbocycles. The molecule has 3 heterocycles. The van der Waals surface area contributed by atoms with Gasteiger partial charge in [-0.25, -0.2) is 23.4 Å². The zero-order valence-corrected chi connectivity index (χ0v) is 15.8. The quantitative estimate of drug-likeness (QED) is 0.398. The summed E-state index contributed by atoms with van der Waals surface area (Å²) in [5.74, 6) is -0.330. The molecule has 0 spiro atoms. The first-order chi connectivity index (χ1) is 13.8. The van der Waals surface area contributed by atoms with Crippen molar-refractivity contribution in [2.24, 2.45) is 0 Å². The summed E-state index contributed by atoms with van der Waals surface area (Å²) in [4.78, 5) is 11.9. The topological polar surface area (TPSA) is 174 Å². The number of ether oxygens (including phenoxy) is 1. The van der Waals surface area contributed by atoms with Crippen LogP contribution in [0.1, 0.15) is 11.8 Å². The maximum Gasteiger partial charge on any atom is 0.184 e. The maximum absolute atomic E-state index is 12.6. The highest BCUT2D eigenvalue weighted by Crippen LogP contribution is 2.34. The van der Waals surface area contributed by atoms with Crippen LogP contribution in [-0.4, -0.2) is 67.0 Å². The molecule has 4 rings (SSSR count). The van der Waals surface area contributed by atoms with Crippen LogP contribution in [-0.2, 0) is 20.3 Å². The summed E-state index contributed by atoms with van der Waals surface area (Å²) in [6, 6.07) is 8.31. The van der Waals surface area contributed by atoms with Crippen LogP contribution in [0.25, 0.3) is 11.2 Å². The van der Waals surface area contributed by atoms with Crippen molar-refractivity contribution in [2.75, 3.05) is 5.73 Å². The molecule has 1 unspecified atom stereocenters. The molecular weight excluding hydrogens is 402 g/mol. The second-order valence-electron chi connectivity index (χ2n) is 6.74. The van der Waals surface area contributed by atoms with E-state index in [1.807, 2.05) is 0 Å². The van der Waals surface area contributed by atoms with Gasteiger partial charge in [0.05, 0.1) is 12.1 Å². The lowest BCUT2D eigenvalue weighted by atomic mass is 10.1. The Morgan fingerprint density at radius 3 is 2.59 bits per heavy atom. The van der Waals surface area contributed by atoms with Crippen LogP contribution in [0, 0.1) is 0 Å². The fraction of sp³-hybridized carbons (Fsp3) is 0.353. The van der Waals surface area contributed by atoms with E-state index >= 15 is 0 Å². The Morgan fingerprint density at radius 2 is 1.86 bits per heavy atom. The Morgan fingerprint density at radius 1 is 1.14 bits per heavy atom. The lowest BCUT2D eigenvalue weighted by Gasteiger charge is -2.21. The maximum atomic E-state index is 12.6. The van der Waals surface area contributed by atoms with E-state index in [-0.39, 0.29) is 17.0 Å². The molecule has 1 saturated heterocycles. The van der Waals surface area contributed by atoms with Gasteiger partial charge in [0.15, 0.2) is 33.0 Å². The van der Waals surface area contributed by atoms with Gasteiger partial charge in [0, 0.05) is 0 Å². The minimum atomic E-state index is -4.11. The second kappa shape index (κ2) is 7.31. The minimum Gasteiger partial charge on any atom is -0.387 e. The average molecular weight is 421 g/mol. The molecule has 12 heteroatoms. The smallest absolute Gasteiger partial charge is 0.184 e. The third kappa shape index (κ3) is 3.45. The van der Waals surface area contributed by atoms with E-state index in [9.17, 15) is 23.7 Å². The van der Waals surface area contributed by atoms with E-state index in [0.29, 0.717) is 5.56 Å². The van der Waals surface area contributed by atoms with E-state index in [0.717, 1.165) is 0 Å². The molecule has 0 saturated carbocycles. The van der Waals surface area contributed by atoms with Gasteiger partial charge in [-0.05, 0) is 5.56 Å². The number of hydrogen-bond acceptors (Lipinski definition) is 10. The number of sulfone groups is 1. The number of benzene rings is 1. The van der Waals surface area contributed by atoms with Crippen molar-refractivity contribution in [3.05, 3.63) is 48.5 Å². The highest BCUT2D eigenvalue weighted by Gasteiger charge is 2.50. The molecule has 3 aromatic rings. The van der Waals surface area contributed by atoms with Crippen molar-refractivity contribution in [1.82, 2.24) is 19.5 Å². The SMILES string of the molecule is Nc1ncnc2c1ncn2[C@@H]1O[C@H](C(O)S(=O)(=O)Cc2ccccc2)[C@@H](O)[C@H]1O. The van der Waals surface area contributed by atoms with Crippen molar-refractivity contribution >= 4 is 26.8 Å². The highest BCUT2D eigenvalue weighted by atomic mass is 32.2. The van der Waals surface area contributed by atoms with Crippen molar-refractivity contribution < 1.29 is 28.5 Å². The van der Waals surface area contributed by atoms with Crippen LogP contribution in [0.4, 0.5) is 5.82 Å². The Bertz CT molecular complexity index is 1120. The van der Waals surface area contributed by atoms with Gasteiger partial charge in [-0.15, -0.1) is 0 Å². The summed E-state index contributed by atoms with van der Waals surface area (Å²) in [6.45, 7) is 0. The normalized spacial score (nSPS) is 26.0. The zero-order valence-electron chi connectivity index (χ0n) is 15.0. The predicted molar refractivity (Wildman–Crippen MR) is 101 cm³/mol. The molecule has 0 radical (unpaired) electrons. The number of rotatable bonds is 5. The minimum absolute atomic E-state index is 0.115. The summed E-state index contributed by atoms with van der Waals surface area (Å²) in [6.07, 6.45) is -3.50. The van der Waals surface area contributed by atoms with E-state index in [2.05, 4.69) is 15.0 Å². The number of fused-ring (bicyclic) bond motifs is 1. The third-order valence-electron chi connectivity index (χ3n) is 4.80. The van der Waals surface area contributed by atoms with Crippen molar-refractivity contribution in [3.8, 4) is 0 Å². The Kier molecular flexibility index (Phi) is 4.96. The first-order valence-corrected chi connectivity index (χ1v) is 10.4. The summed E-state index contributed by atoms with van der Waals surface area (Å²) >= 11 is 0. The van der Waals surface area contributed by atoms with E-state index in [1.54, 1.807) is 30.3 Å². The van der Waals surface area contributed by atoms with Crippen molar-refractivity contribution in [1.29, 1.82) is 0 Å². The summed E-state index contributed by atoms with van der Waals surface area (Å²) in [7, 11) is -4.11. The monoisotopic (exact) mass is 421 g/mol. The van der Waals surface area contributed by atoms with Crippen LogP contribution in [0.3, 0.4) is 0 Å². The molecule has 1 fully saturated rings. The molecule has 1 aliphatic rings. The first-order valence-electron chi connectivity index (χ1n) is 8.68. The number of imidazole rings is 1. The number of aliphatic hydroxyl groups is 3. The van der Waals surface area contributed by atoms with E-state index in [1.165, 1.54) is 17.2 Å². The number of nitrogen functional groups attached to an aromatic ring is 1. The van der Waals surface area contributed by atoms with E-state index < -0.39 is 45.6 Å². The summed E-state index contributed by atoms with van der Waals surface area (Å²) in [5.41, 5.74) is 4.66. The van der Waals surface area contributed by atoms with Gasteiger partial charge < -0.3 is 25.8 Å². The van der Waals surface area contributed by atoms with Gasteiger partial charge in [0.2, 0.25) is 0 Å². The Balaban J connectivity index is 1.60. The zero-order chi connectivity index (χ0) is 20.8. The first kappa shape index (κ1) is 19.7. The average Bonchev–Trinajstić information content (AvgIpc) is 3.24. The van der Waals surface area contributed by atoms with Crippen LogP contribution in [0.2, 0.25) is 0 Å². The van der Waals surface area contributed by atoms with Crippen molar-refractivity contribution in [3.63, 3.8) is 0 Å². The molecule has 0 aliphatic carbocycles. The summed E-state index contributed by atoms with van der Waals surface area (Å²) in [5, 5.41) is 31.2.